The van der Waals surface area contributed by atoms with E-state index in [1.54, 1.807) is 22.4 Å². The fraction of sp³-hybridized carbons (Fsp3) is 0.167. The maximum atomic E-state index is 11.8. The van der Waals surface area contributed by atoms with Crippen LogP contribution >= 0.6 is 11.6 Å². The van der Waals surface area contributed by atoms with Gasteiger partial charge in [-0.1, -0.05) is 41.9 Å². The third kappa shape index (κ3) is 3.64. The SMILES string of the molecule is Cn1nc(NS(C)(=O)=O)[n+]2c1CN=C(c1ccccc1)c1cc(Cl)ccc1-2.[OH-]. The molecular weight excluding hydrogens is 402 g/mol. The van der Waals surface area contributed by atoms with Crippen LogP contribution in [0.5, 0.6) is 0 Å². The molecule has 0 bridgehead atoms. The average molecular weight is 420 g/mol. The molecule has 2 N–H and O–H groups in total. The Morgan fingerprint density at radius 2 is 1.89 bits per heavy atom. The topological polar surface area (TPSA) is 110 Å². The van der Waals surface area contributed by atoms with Crippen LogP contribution in [-0.2, 0) is 23.6 Å². The van der Waals surface area contributed by atoms with Gasteiger partial charge < -0.3 is 5.48 Å². The average Bonchev–Trinajstić information content (AvgIpc) is 2.80. The lowest BCUT2D eigenvalue weighted by Gasteiger charge is -2.10. The zero-order valence-electron chi connectivity index (χ0n) is 15.2. The van der Waals surface area contributed by atoms with Gasteiger partial charge in [-0.25, -0.2) is 0 Å². The molecule has 0 aliphatic carbocycles. The van der Waals surface area contributed by atoms with Gasteiger partial charge in [-0.05, 0) is 18.2 Å². The number of fused-ring (bicyclic) bond motifs is 3. The molecule has 0 spiro atoms. The summed E-state index contributed by atoms with van der Waals surface area (Å²) >= 11 is 6.26. The molecule has 146 valence electrons. The summed E-state index contributed by atoms with van der Waals surface area (Å²) < 4.78 is 29.5. The van der Waals surface area contributed by atoms with Gasteiger partial charge in [0.2, 0.25) is 5.82 Å². The van der Waals surface area contributed by atoms with Gasteiger partial charge in [0.05, 0.1) is 19.0 Å². The number of hydrogen-bond donors (Lipinski definition) is 1. The van der Waals surface area contributed by atoms with Gasteiger partial charge in [0.15, 0.2) is 0 Å². The van der Waals surface area contributed by atoms with Gasteiger partial charge in [-0.15, -0.1) is 4.68 Å². The third-order valence-electron chi connectivity index (χ3n) is 4.25. The number of halogens is 1. The summed E-state index contributed by atoms with van der Waals surface area (Å²) in [7, 11) is -1.73. The molecule has 0 radical (unpaired) electrons. The van der Waals surface area contributed by atoms with E-state index in [4.69, 9.17) is 16.6 Å². The second kappa shape index (κ2) is 7.34. The van der Waals surface area contributed by atoms with Crippen molar-refractivity contribution in [3.05, 3.63) is 70.5 Å². The first kappa shape index (κ1) is 20.0. The lowest BCUT2D eigenvalue weighted by atomic mass is 10.0. The summed E-state index contributed by atoms with van der Waals surface area (Å²) in [6.07, 6.45) is 1.10. The predicted octanol–water partition coefficient (Wildman–Crippen LogP) is 1.90. The van der Waals surface area contributed by atoms with Crippen LogP contribution in [-0.4, -0.2) is 35.6 Å². The van der Waals surface area contributed by atoms with Gasteiger partial charge in [0.25, 0.3) is 10.0 Å². The van der Waals surface area contributed by atoms with Crippen LogP contribution in [0.25, 0.3) is 5.69 Å². The molecule has 1 aromatic heterocycles. The number of benzene rings is 2. The Morgan fingerprint density at radius 1 is 1.18 bits per heavy atom. The molecule has 0 atom stereocenters. The first-order valence-electron chi connectivity index (χ1n) is 8.19. The number of rotatable bonds is 3. The van der Waals surface area contributed by atoms with Crippen molar-refractivity contribution in [3.63, 3.8) is 0 Å². The largest absolute Gasteiger partial charge is 0.870 e. The molecule has 1 aliphatic rings. The molecule has 2 aromatic carbocycles. The number of aryl methyl sites for hydroxylation is 1. The Morgan fingerprint density at radius 3 is 2.57 bits per heavy atom. The highest BCUT2D eigenvalue weighted by molar-refractivity contribution is 7.91. The van der Waals surface area contributed by atoms with Gasteiger partial charge in [0, 0.05) is 21.2 Å². The minimum absolute atomic E-state index is 0. The molecule has 0 saturated heterocycles. The van der Waals surface area contributed by atoms with Crippen molar-refractivity contribution < 1.29 is 18.5 Å². The lowest BCUT2D eigenvalue weighted by Crippen LogP contribution is -2.39. The number of sulfonamides is 1. The Kier molecular flexibility index (Phi) is 5.24. The molecule has 4 rings (SSSR count). The highest BCUT2D eigenvalue weighted by atomic mass is 35.5. The quantitative estimate of drug-likeness (QED) is 0.653. The number of nitrogens with one attached hydrogen (secondary N) is 1. The second-order valence-corrected chi connectivity index (χ2v) is 8.45. The molecule has 0 saturated carbocycles. The van der Waals surface area contributed by atoms with Crippen LogP contribution in [0.2, 0.25) is 5.02 Å². The Hall–Kier alpha value is -2.75. The lowest BCUT2D eigenvalue weighted by molar-refractivity contribution is -0.589. The minimum Gasteiger partial charge on any atom is -0.870 e. The summed E-state index contributed by atoms with van der Waals surface area (Å²) in [4.78, 5) is 4.79. The molecule has 1 aliphatic heterocycles. The Labute approximate surface area is 167 Å². The molecule has 10 heteroatoms. The smallest absolute Gasteiger partial charge is 0.397 e. The maximum Gasteiger partial charge on any atom is 0.397 e. The summed E-state index contributed by atoms with van der Waals surface area (Å²) in [5, 5.41) is 4.90. The van der Waals surface area contributed by atoms with Gasteiger partial charge in [-0.3, -0.25) is 4.99 Å². The molecular formula is C18H18ClN5O3S. The van der Waals surface area contributed by atoms with Crippen molar-refractivity contribution in [2.45, 2.75) is 6.54 Å². The van der Waals surface area contributed by atoms with Crippen LogP contribution in [0.4, 0.5) is 5.95 Å². The number of aliphatic imine (C=N–C) groups is 1. The van der Waals surface area contributed by atoms with Crippen molar-refractivity contribution >= 4 is 33.3 Å². The summed E-state index contributed by atoms with van der Waals surface area (Å²) in [6.45, 7) is 0.339. The number of anilines is 1. The van der Waals surface area contributed by atoms with Gasteiger partial charge >= 0.3 is 5.95 Å². The Balaban J connectivity index is 0.00000225. The molecule has 0 unspecified atom stereocenters. The van der Waals surface area contributed by atoms with E-state index < -0.39 is 10.0 Å². The maximum absolute atomic E-state index is 11.8. The van der Waals surface area contributed by atoms with Crippen molar-refractivity contribution in [2.75, 3.05) is 11.0 Å². The van der Waals surface area contributed by atoms with Gasteiger partial charge in [-0.2, -0.15) is 17.7 Å². The Bertz CT molecular complexity index is 1170. The van der Waals surface area contributed by atoms with E-state index >= 15 is 0 Å². The molecule has 28 heavy (non-hydrogen) atoms. The first-order chi connectivity index (χ1) is 12.8. The standard InChI is InChI=1S/C18H17ClN5O2S.H2O/c1-23-16-11-20-17(12-6-4-3-5-7-12)14-10-13(19)8-9-15(14)24(16)18(21-23)22-27(2,25)26;/h3-10H,11H2,1-2H3,(H,21,22);1H2/q+1;/p-1. The van der Waals surface area contributed by atoms with E-state index in [1.165, 1.54) is 0 Å². The van der Waals surface area contributed by atoms with E-state index in [2.05, 4.69) is 9.82 Å². The normalized spacial score (nSPS) is 12.9. The van der Waals surface area contributed by atoms with Crippen molar-refractivity contribution in [3.8, 4) is 5.69 Å². The molecule has 8 nitrogen and oxygen atoms in total. The molecule has 0 amide bonds. The highest BCUT2D eigenvalue weighted by Gasteiger charge is 2.31. The van der Waals surface area contributed by atoms with Crippen molar-refractivity contribution in [1.82, 2.24) is 9.78 Å². The van der Waals surface area contributed by atoms with E-state index in [0.717, 1.165) is 34.6 Å². The summed E-state index contributed by atoms with van der Waals surface area (Å²) in [5.41, 5.74) is 3.32. The van der Waals surface area contributed by atoms with Crippen LogP contribution in [0.3, 0.4) is 0 Å². The van der Waals surface area contributed by atoms with E-state index in [9.17, 15) is 8.42 Å². The molecule has 3 aromatic rings. The number of aromatic nitrogens is 3. The number of nitrogens with zero attached hydrogens (tertiary/aromatic N) is 4. The predicted molar refractivity (Wildman–Crippen MR) is 106 cm³/mol. The monoisotopic (exact) mass is 419 g/mol. The molecule has 2 heterocycles. The second-order valence-electron chi connectivity index (χ2n) is 6.27. The highest BCUT2D eigenvalue weighted by Crippen LogP contribution is 2.25. The van der Waals surface area contributed by atoms with Crippen molar-refractivity contribution in [1.29, 1.82) is 0 Å². The fourth-order valence-corrected chi connectivity index (χ4v) is 3.78. The third-order valence-corrected chi connectivity index (χ3v) is 5.03. The van der Waals surface area contributed by atoms with E-state index in [1.807, 2.05) is 42.5 Å². The fourth-order valence-electron chi connectivity index (χ4n) is 3.14. The first-order valence-corrected chi connectivity index (χ1v) is 10.5. The number of hydrogen-bond acceptors (Lipinski definition) is 5. The van der Waals surface area contributed by atoms with Crippen LogP contribution in [0.1, 0.15) is 17.0 Å². The zero-order valence-corrected chi connectivity index (χ0v) is 16.7. The van der Waals surface area contributed by atoms with E-state index in [0.29, 0.717) is 11.6 Å². The summed E-state index contributed by atoms with van der Waals surface area (Å²) in [6, 6.07) is 15.3. The van der Waals surface area contributed by atoms with Gasteiger partial charge in [0.1, 0.15) is 12.2 Å². The summed E-state index contributed by atoms with van der Waals surface area (Å²) in [5.74, 6) is 0.957. The molecule has 0 fully saturated rings. The van der Waals surface area contributed by atoms with Crippen LogP contribution in [0.15, 0.2) is 53.5 Å². The van der Waals surface area contributed by atoms with Crippen molar-refractivity contribution in [2.24, 2.45) is 12.0 Å². The minimum atomic E-state index is -3.50. The van der Waals surface area contributed by atoms with Crippen LogP contribution in [0, 0.1) is 0 Å². The van der Waals surface area contributed by atoms with E-state index in [-0.39, 0.29) is 11.4 Å². The van der Waals surface area contributed by atoms with Crippen LogP contribution < -0.4 is 9.29 Å². The zero-order chi connectivity index (χ0) is 19.2.